The number of aryl methyl sites for hydroxylation is 2. The Bertz CT molecular complexity index is 1750. The lowest BCUT2D eigenvalue weighted by molar-refractivity contribution is -0.142. The summed E-state index contributed by atoms with van der Waals surface area (Å²) in [6.07, 6.45) is 0.0824. The second kappa shape index (κ2) is 8.26. The van der Waals surface area contributed by atoms with Gasteiger partial charge in [0.05, 0.1) is 17.8 Å². The van der Waals surface area contributed by atoms with Gasteiger partial charge in [-0.3, -0.25) is 15.0 Å². The molecule has 37 heavy (non-hydrogen) atoms. The SMILES string of the molecule is Cc1nc2sc3c(c2c(=O)n1NC(=O)c1cnn2c(C(F)(F)F)cc(-c4ccco4)nc12)CC[C@@H](C)C3. The highest BCUT2D eigenvalue weighted by molar-refractivity contribution is 7.18. The van der Waals surface area contributed by atoms with Gasteiger partial charge in [0, 0.05) is 4.88 Å². The molecule has 1 aliphatic carbocycles. The van der Waals surface area contributed by atoms with Gasteiger partial charge in [0.2, 0.25) is 0 Å². The van der Waals surface area contributed by atoms with Crippen molar-refractivity contribution in [3.63, 3.8) is 0 Å². The molecule has 6 rings (SSSR count). The first-order chi connectivity index (χ1) is 17.6. The number of nitrogens with one attached hydrogen (secondary N) is 1. The summed E-state index contributed by atoms with van der Waals surface area (Å²) in [6.45, 7) is 3.74. The standard InChI is InChI=1S/C24H19F3N6O3S/c1-11-5-6-13-17(8-11)37-22-19(13)23(35)32(12(2)29-22)31-21(34)14-10-28-33-18(24(25,26)27)9-15(30-20(14)33)16-4-3-7-36-16/h3-4,7,9-11H,5-6,8H2,1-2H3,(H,31,34)/t11-/m1/s1. The summed E-state index contributed by atoms with van der Waals surface area (Å²) in [5.74, 6) is 0.00339. The van der Waals surface area contributed by atoms with Crippen molar-refractivity contribution in [1.29, 1.82) is 0 Å². The highest BCUT2D eigenvalue weighted by Crippen LogP contribution is 2.36. The number of halogens is 3. The number of furan rings is 1. The molecule has 5 aromatic heterocycles. The lowest BCUT2D eigenvalue weighted by Crippen LogP contribution is -2.35. The van der Waals surface area contributed by atoms with Crippen molar-refractivity contribution in [2.45, 2.75) is 39.3 Å². The molecule has 1 N–H and O–H groups in total. The zero-order valence-electron chi connectivity index (χ0n) is 19.6. The van der Waals surface area contributed by atoms with Crippen LogP contribution in [0.1, 0.15) is 45.7 Å². The molecule has 0 saturated carbocycles. The van der Waals surface area contributed by atoms with Crippen molar-refractivity contribution in [3.8, 4) is 11.5 Å². The summed E-state index contributed by atoms with van der Waals surface area (Å²) in [7, 11) is 0. The first-order valence-electron chi connectivity index (χ1n) is 11.5. The molecule has 1 atom stereocenters. The lowest BCUT2D eigenvalue weighted by atomic mass is 9.89. The fourth-order valence-electron chi connectivity index (χ4n) is 4.66. The van der Waals surface area contributed by atoms with E-state index in [4.69, 9.17) is 4.42 Å². The summed E-state index contributed by atoms with van der Waals surface area (Å²) in [5.41, 5.74) is 1.20. The largest absolute Gasteiger partial charge is 0.463 e. The Hall–Kier alpha value is -4.00. The first-order valence-corrected chi connectivity index (χ1v) is 12.3. The molecule has 1 amide bonds. The van der Waals surface area contributed by atoms with E-state index in [0.29, 0.717) is 20.6 Å². The van der Waals surface area contributed by atoms with Crippen molar-refractivity contribution in [2.24, 2.45) is 5.92 Å². The van der Waals surface area contributed by atoms with Crippen molar-refractivity contribution in [2.75, 3.05) is 5.43 Å². The Kier molecular flexibility index (Phi) is 5.23. The van der Waals surface area contributed by atoms with Gasteiger partial charge >= 0.3 is 6.18 Å². The predicted molar refractivity (Wildman–Crippen MR) is 129 cm³/mol. The molecule has 190 valence electrons. The van der Waals surface area contributed by atoms with Gasteiger partial charge < -0.3 is 4.42 Å². The van der Waals surface area contributed by atoms with Crippen LogP contribution in [0.15, 0.2) is 39.9 Å². The number of alkyl halides is 3. The number of fused-ring (bicyclic) bond motifs is 4. The minimum atomic E-state index is -4.78. The predicted octanol–water partition coefficient (Wildman–Crippen LogP) is 4.60. The van der Waals surface area contributed by atoms with Gasteiger partial charge in [-0.2, -0.15) is 18.3 Å². The van der Waals surface area contributed by atoms with Gasteiger partial charge in [-0.05, 0) is 55.9 Å². The van der Waals surface area contributed by atoms with E-state index in [2.05, 4.69) is 27.4 Å². The molecule has 5 aromatic rings. The number of hydrogen-bond acceptors (Lipinski definition) is 7. The molecule has 0 aromatic carbocycles. The zero-order chi connectivity index (χ0) is 26.1. The van der Waals surface area contributed by atoms with Gasteiger partial charge in [-0.25, -0.2) is 19.2 Å². The summed E-state index contributed by atoms with van der Waals surface area (Å²) in [4.78, 5) is 37.2. The number of rotatable bonds is 3. The normalized spacial score (nSPS) is 15.9. The molecule has 0 fully saturated rings. The van der Waals surface area contributed by atoms with Gasteiger partial charge in [0.25, 0.3) is 11.5 Å². The highest BCUT2D eigenvalue weighted by Gasteiger charge is 2.36. The zero-order valence-corrected chi connectivity index (χ0v) is 20.4. The highest BCUT2D eigenvalue weighted by atomic mass is 32.1. The molecule has 13 heteroatoms. The van der Waals surface area contributed by atoms with Crippen molar-refractivity contribution >= 4 is 33.1 Å². The van der Waals surface area contributed by atoms with Crippen LogP contribution >= 0.6 is 11.3 Å². The molecule has 1 aliphatic rings. The average Bonchev–Trinajstić information content (AvgIpc) is 3.58. The number of thiophene rings is 1. The van der Waals surface area contributed by atoms with Crippen LogP contribution in [0.2, 0.25) is 0 Å². The fraction of sp³-hybridized carbons (Fsp3) is 0.292. The molecule has 0 radical (unpaired) electrons. The van der Waals surface area contributed by atoms with Crippen LogP contribution in [0.3, 0.4) is 0 Å². The summed E-state index contributed by atoms with van der Waals surface area (Å²) in [5, 5.41) is 4.23. The maximum absolute atomic E-state index is 13.8. The van der Waals surface area contributed by atoms with Crippen LogP contribution in [0, 0.1) is 12.8 Å². The van der Waals surface area contributed by atoms with Gasteiger partial charge in [0.1, 0.15) is 21.9 Å². The third-order valence-corrected chi connectivity index (χ3v) is 7.64. The molecule has 0 aliphatic heterocycles. The van der Waals surface area contributed by atoms with E-state index < -0.39 is 23.3 Å². The second-order valence-electron chi connectivity index (χ2n) is 9.07. The van der Waals surface area contributed by atoms with Crippen LogP contribution in [-0.2, 0) is 19.0 Å². The third kappa shape index (κ3) is 3.80. The Morgan fingerprint density at radius 2 is 2.11 bits per heavy atom. The quantitative estimate of drug-likeness (QED) is 0.367. The molecule has 5 heterocycles. The van der Waals surface area contributed by atoms with Gasteiger partial charge in [-0.15, -0.1) is 11.3 Å². The number of carbonyl (C=O) groups is 1. The minimum absolute atomic E-state index is 0.0961. The van der Waals surface area contributed by atoms with Crippen LogP contribution < -0.4 is 11.0 Å². The van der Waals surface area contributed by atoms with Crippen LogP contribution in [0.4, 0.5) is 13.2 Å². The number of aromatic nitrogens is 5. The Morgan fingerprint density at radius 1 is 1.30 bits per heavy atom. The fourth-order valence-corrected chi connectivity index (χ4v) is 6.08. The maximum Gasteiger partial charge on any atom is 0.433 e. The van der Waals surface area contributed by atoms with Crippen molar-refractivity contribution < 1.29 is 22.4 Å². The molecule has 9 nitrogen and oxygen atoms in total. The number of hydrogen-bond donors (Lipinski definition) is 1. The molecule has 0 spiro atoms. The Labute approximate surface area is 210 Å². The van der Waals surface area contributed by atoms with E-state index >= 15 is 0 Å². The van der Waals surface area contributed by atoms with Crippen LogP contribution in [0.25, 0.3) is 27.3 Å². The van der Waals surface area contributed by atoms with Crippen LogP contribution in [-0.4, -0.2) is 30.2 Å². The molecular formula is C24H19F3N6O3S. The molecule has 0 saturated heterocycles. The lowest BCUT2D eigenvalue weighted by Gasteiger charge is -2.17. The van der Waals surface area contributed by atoms with Crippen LogP contribution in [0.5, 0.6) is 0 Å². The second-order valence-corrected chi connectivity index (χ2v) is 10.2. The topological polar surface area (TPSA) is 107 Å². The summed E-state index contributed by atoms with van der Waals surface area (Å²) < 4.78 is 48.2. The Morgan fingerprint density at radius 3 is 2.84 bits per heavy atom. The third-order valence-electron chi connectivity index (χ3n) is 6.49. The van der Waals surface area contributed by atoms with E-state index in [9.17, 15) is 22.8 Å². The van der Waals surface area contributed by atoms with Crippen molar-refractivity contribution in [3.05, 3.63) is 68.5 Å². The summed E-state index contributed by atoms with van der Waals surface area (Å²) in [6, 6.07) is 3.77. The summed E-state index contributed by atoms with van der Waals surface area (Å²) >= 11 is 1.49. The van der Waals surface area contributed by atoms with Gasteiger partial charge in [0.15, 0.2) is 17.1 Å². The first kappa shape index (κ1) is 23.4. The molecule has 0 bridgehead atoms. The number of amides is 1. The van der Waals surface area contributed by atoms with E-state index in [0.717, 1.165) is 46.6 Å². The van der Waals surface area contributed by atoms with Crippen molar-refractivity contribution in [1.82, 2.24) is 24.3 Å². The van der Waals surface area contributed by atoms with E-state index in [1.165, 1.54) is 29.7 Å². The smallest absolute Gasteiger partial charge is 0.433 e. The minimum Gasteiger partial charge on any atom is -0.463 e. The number of nitrogens with zero attached hydrogens (tertiary/aromatic N) is 5. The van der Waals surface area contributed by atoms with E-state index in [1.807, 2.05) is 0 Å². The Balaban J connectivity index is 1.45. The van der Waals surface area contributed by atoms with E-state index in [1.54, 1.807) is 6.92 Å². The maximum atomic E-state index is 13.8. The van der Waals surface area contributed by atoms with E-state index in [-0.39, 0.29) is 28.5 Å². The number of carbonyl (C=O) groups excluding carboxylic acids is 1. The monoisotopic (exact) mass is 528 g/mol. The average molecular weight is 529 g/mol. The molecule has 0 unspecified atom stereocenters. The van der Waals surface area contributed by atoms with Gasteiger partial charge in [-0.1, -0.05) is 6.92 Å². The molecular weight excluding hydrogens is 509 g/mol.